The van der Waals surface area contributed by atoms with Crippen molar-refractivity contribution in [1.82, 2.24) is 0 Å². The SMILES string of the molecule is NC(CCCO)C1CCCC1. The molecule has 0 radical (unpaired) electrons. The van der Waals surface area contributed by atoms with Gasteiger partial charge >= 0.3 is 0 Å². The van der Waals surface area contributed by atoms with Crippen molar-refractivity contribution < 1.29 is 5.11 Å². The van der Waals surface area contributed by atoms with E-state index in [4.69, 9.17) is 10.8 Å². The molecule has 1 aliphatic carbocycles. The molecule has 0 aromatic heterocycles. The Balaban J connectivity index is 2.12. The molecule has 0 aromatic carbocycles. The molecule has 66 valence electrons. The zero-order valence-electron chi connectivity index (χ0n) is 7.13. The number of nitrogens with two attached hydrogens (primary N) is 1. The molecule has 2 nitrogen and oxygen atoms in total. The first-order chi connectivity index (χ1) is 5.34. The molecule has 1 fully saturated rings. The van der Waals surface area contributed by atoms with Gasteiger partial charge in [-0.15, -0.1) is 0 Å². The molecule has 0 amide bonds. The van der Waals surface area contributed by atoms with Gasteiger partial charge in [0.05, 0.1) is 0 Å². The molecule has 1 unspecified atom stereocenters. The maximum atomic E-state index is 8.60. The summed E-state index contributed by atoms with van der Waals surface area (Å²) in [5.74, 6) is 0.751. The normalized spacial score (nSPS) is 22.4. The fourth-order valence-corrected chi connectivity index (χ4v) is 1.95. The third-order valence-electron chi connectivity index (χ3n) is 2.70. The zero-order chi connectivity index (χ0) is 8.10. The Kier molecular flexibility index (Phi) is 3.87. The van der Waals surface area contributed by atoms with Crippen LogP contribution in [0.25, 0.3) is 0 Å². The van der Waals surface area contributed by atoms with Crippen LogP contribution in [0.2, 0.25) is 0 Å². The van der Waals surface area contributed by atoms with E-state index in [1.54, 1.807) is 0 Å². The van der Waals surface area contributed by atoms with Crippen LogP contribution < -0.4 is 5.73 Å². The second kappa shape index (κ2) is 4.73. The monoisotopic (exact) mass is 157 g/mol. The van der Waals surface area contributed by atoms with Gasteiger partial charge in [-0.05, 0) is 31.6 Å². The second-order valence-electron chi connectivity index (χ2n) is 3.57. The van der Waals surface area contributed by atoms with E-state index in [0.717, 1.165) is 18.8 Å². The maximum absolute atomic E-state index is 8.60. The van der Waals surface area contributed by atoms with E-state index >= 15 is 0 Å². The molecule has 1 saturated carbocycles. The number of aliphatic hydroxyl groups is 1. The average molecular weight is 157 g/mol. The van der Waals surface area contributed by atoms with E-state index in [2.05, 4.69) is 0 Å². The van der Waals surface area contributed by atoms with Crippen LogP contribution in [0.4, 0.5) is 0 Å². The lowest BCUT2D eigenvalue weighted by molar-refractivity contribution is 0.269. The predicted molar refractivity (Wildman–Crippen MR) is 46.3 cm³/mol. The van der Waals surface area contributed by atoms with E-state index in [9.17, 15) is 0 Å². The highest BCUT2D eigenvalue weighted by molar-refractivity contribution is 4.77. The van der Waals surface area contributed by atoms with Gasteiger partial charge in [-0.25, -0.2) is 0 Å². The van der Waals surface area contributed by atoms with Crippen LogP contribution in [0, 0.1) is 5.92 Å². The molecule has 0 saturated heterocycles. The van der Waals surface area contributed by atoms with Gasteiger partial charge in [0.2, 0.25) is 0 Å². The molecule has 0 bridgehead atoms. The van der Waals surface area contributed by atoms with Crippen molar-refractivity contribution in [1.29, 1.82) is 0 Å². The minimum atomic E-state index is 0.292. The van der Waals surface area contributed by atoms with Gasteiger partial charge in [-0.1, -0.05) is 12.8 Å². The molecule has 11 heavy (non-hydrogen) atoms. The van der Waals surface area contributed by atoms with Crippen LogP contribution in [0.15, 0.2) is 0 Å². The molecule has 1 rings (SSSR count). The van der Waals surface area contributed by atoms with Gasteiger partial charge in [0.25, 0.3) is 0 Å². The van der Waals surface area contributed by atoms with Crippen molar-refractivity contribution in [3.63, 3.8) is 0 Å². The predicted octanol–water partition coefficient (Wildman–Crippen LogP) is 1.28. The van der Waals surface area contributed by atoms with Gasteiger partial charge in [0.15, 0.2) is 0 Å². The number of hydrogen-bond acceptors (Lipinski definition) is 2. The van der Waals surface area contributed by atoms with Crippen molar-refractivity contribution >= 4 is 0 Å². The zero-order valence-corrected chi connectivity index (χ0v) is 7.13. The molecule has 2 heteroatoms. The highest BCUT2D eigenvalue weighted by atomic mass is 16.2. The summed E-state index contributed by atoms with van der Waals surface area (Å²) in [6.45, 7) is 0.292. The molecular weight excluding hydrogens is 138 g/mol. The van der Waals surface area contributed by atoms with Gasteiger partial charge < -0.3 is 10.8 Å². The van der Waals surface area contributed by atoms with E-state index < -0.39 is 0 Å². The highest BCUT2D eigenvalue weighted by Gasteiger charge is 2.20. The third-order valence-corrected chi connectivity index (χ3v) is 2.70. The number of rotatable bonds is 4. The van der Waals surface area contributed by atoms with Gasteiger partial charge in [0, 0.05) is 12.6 Å². The molecule has 1 atom stereocenters. The summed E-state index contributed by atoms with van der Waals surface area (Å²) in [6, 6.07) is 0.352. The van der Waals surface area contributed by atoms with Gasteiger partial charge in [-0.3, -0.25) is 0 Å². The molecule has 0 aliphatic heterocycles. The van der Waals surface area contributed by atoms with E-state index in [1.807, 2.05) is 0 Å². The largest absolute Gasteiger partial charge is 0.396 e. The lowest BCUT2D eigenvalue weighted by Crippen LogP contribution is -2.28. The molecule has 3 N–H and O–H groups in total. The summed E-state index contributed by atoms with van der Waals surface area (Å²) in [4.78, 5) is 0. The van der Waals surface area contributed by atoms with Gasteiger partial charge in [0.1, 0.15) is 0 Å². The summed E-state index contributed by atoms with van der Waals surface area (Å²) in [6.07, 6.45) is 7.22. The summed E-state index contributed by atoms with van der Waals surface area (Å²) >= 11 is 0. The molecule has 0 heterocycles. The first-order valence-corrected chi connectivity index (χ1v) is 4.71. The van der Waals surface area contributed by atoms with Gasteiger partial charge in [-0.2, -0.15) is 0 Å². The van der Waals surface area contributed by atoms with E-state index in [1.165, 1.54) is 25.7 Å². The first-order valence-electron chi connectivity index (χ1n) is 4.71. The average Bonchev–Trinajstić information content (AvgIpc) is 2.52. The van der Waals surface area contributed by atoms with Crippen molar-refractivity contribution in [3.05, 3.63) is 0 Å². The minimum absolute atomic E-state index is 0.292. The van der Waals surface area contributed by atoms with Crippen LogP contribution in [0.1, 0.15) is 38.5 Å². The van der Waals surface area contributed by atoms with Crippen LogP contribution in [0.5, 0.6) is 0 Å². The lowest BCUT2D eigenvalue weighted by Gasteiger charge is -2.17. The molecular formula is C9H19NO. The Bertz CT molecular complexity index is 99.7. The Morgan fingerprint density at radius 1 is 1.36 bits per heavy atom. The Morgan fingerprint density at radius 3 is 2.55 bits per heavy atom. The summed E-state index contributed by atoms with van der Waals surface area (Å²) in [7, 11) is 0. The number of hydrogen-bond donors (Lipinski definition) is 2. The smallest absolute Gasteiger partial charge is 0.0431 e. The van der Waals surface area contributed by atoms with Crippen LogP contribution in [-0.4, -0.2) is 17.8 Å². The number of aliphatic hydroxyl groups excluding tert-OH is 1. The van der Waals surface area contributed by atoms with Crippen molar-refractivity contribution in [3.8, 4) is 0 Å². The van der Waals surface area contributed by atoms with Crippen LogP contribution in [-0.2, 0) is 0 Å². The van der Waals surface area contributed by atoms with Crippen LogP contribution in [0.3, 0.4) is 0 Å². The van der Waals surface area contributed by atoms with Crippen molar-refractivity contribution in [2.24, 2.45) is 11.7 Å². The Labute approximate surface area is 68.8 Å². The summed E-state index contributed by atoms with van der Waals surface area (Å²) in [5.41, 5.74) is 5.95. The van der Waals surface area contributed by atoms with Crippen LogP contribution >= 0.6 is 0 Å². The summed E-state index contributed by atoms with van der Waals surface area (Å²) < 4.78 is 0. The van der Waals surface area contributed by atoms with E-state index in [-0.39, 0.29) is 0 Å². The van der Waals surface area contributed by atoms with E-state index in [0.29, 0.717) is 12.6 Å². The fourth-order valence-electron chi connectivity index (χ4n) is 1.95. The molecule has 0 spiro atoms. The summed E-state index contributed by atoms with van der Waals surface area (Å²) in [5, 5.41) is 8.60. The maximum Gasteiger partial charge on any atom is 0.0431 e. The quantitative estimate of drug-likeness (QED) is 0.645. The minimum Gasteiger partial charge on any atom is -0.396 e. The lowest BCUT2D eigenvalue weighted by atomic mass is 9.95. The molecule has 0 aromatic rings. The molecule has 1 aliphatic rings. The Morgan fingerprint density at radius 2 is 2.00 bits per heavy atom. The van der Waals surface area contributed by atoms with Crippen molar-refractivity contribution in [2.45, 2.75) is 44.6 Å². The van der Waals surface area contributed by atoms with Crippen molar-refractivity contribution in [2.75, 3.05) is 6.61 Å². The standard InChI is InChI=1S/C9H19NO/c10-9(6-3-7-11)8-4-1-2-5-8/h8-9,11H,1-7,10H2. The highest BCUT2D eigenvalue weighted by Crippen LogP contribution is 2.28. The third kappa shape index (κ3) is 2.80. The fraction of sp³-hybridized carbons (Fsp3) is 1.00. The topological polar surface area (TPSA) is 46.2 Å². The second-order valence-corrected chi connectivity index (χ2v) is 3.57. The Hall–Kier alpha value is -0.0800. The first kappa shape index (κ1) is 9.01.